The molecule has 0 nitrogen and oxygen atoms in total. The molecule has 0 amide bonds. The molecule has 0 heterocycles. The standard InChI is InChI=1S/C21H23F/c1-2-9-19-20(22)15-14-18(16-10-5-3-6-11-16)21(19)17-12-7-4-8-13-17/h2-3,5-6,10-11,14-15,17H,1,4,7-9,12-13H2. The van der Waals surface area contributed by atoms with Crippen molar-refractivity contribution in [2.75, 3.05) is 0 Å². The van der Waals surface area contributed by atoms with Crippen LogP contribution in [0.1, 0.15) is 49.1 Å². The molecule has 0 bridgehead atoms. The highest BCUT2D eigenvalue weighted by molar-refractivity contribution is 5.70. The molecule has 1 heteroatoms. The van der Waals surface area contributed by atoms with Gasteiger partial charge in [-0.3, -0.25) is 0 Å². The number of hydrogen-bond acceptors (Lipinski definition) is 0. The van der Waals surface area contributed by atoms with Gasteiger partial charge in [-0.15, -0.1) is 6.58 Å². The van der Waals surface area contributed by atoms with E-state index in [9.17, 15) is 4.39 Å². The van der Waals surface area contributed by atoms with Crippen LogP contribution in [0.25, 0.3) is 11.1 Å². The van der Waals surface area contributed by atoms with E-state index in [2.05, 4.69) is 30.8 Å². The van der Waals surface area contributed by atoms with Crippen LogP contribution in [0.3, 0.4) is 0 Å². The zero-order valence-electron chi connectivity index (χ0n) is 13.0. The van der Waals surface area contributed by atoms with Crippen molar-refractivity contribution in [3.63, 3.8) is 0 Å². The van der Waals surface area contributed by atoms with Gasteiger partial charge >= 0.3 is 0 Å². The fraction of sp³-hybridized carbons (Fsp3) is 0.333. The molecule has 2 aromatic carbocycles. The highest BCUT2D eigenvalue weighted by Gasteiger charge is 2.23. The van der Waals surface area contributed by atoms with Crippen molar-refractivity contribution in [1.82, 2.24) is 0 Å². The van der Waals surface area contributed by atoms with Crippen molar-refractivity contribution in [3.8, 4) is 11.1 Å². The molecule has 0 spiro atoms. The van der Waals surface area contributed by atoms with Crippen molar-refractivity contribution >= 4 is 0 Å². The summed E-state index contributed by atoms with van der Waals surface area (Å²) in [6.07, 6.45) is 8.59. The minimum absolute atomic E-state index is 0.0832. The van der Waals surface area contributed by atoms with Gasteiger partial charge in [-0.25, -0.2) is 4.39 Å². The van der Waals surface area contributed by atoms with E-state index in [1.165, 1.54) is 48.8 Å². The Kier molecular flexibility index (Phi) is 4.72. The van der Waals surface area contributed by atoms with Crippen molar-refractivity contribution in [1.29, 1.82) is 0 Å². The largest absolute Gasteiger partial charge is 0.207 e. The summed E-state index contributed by atoms with van der Waals surface area (Å²) in [4.78, 5) is 0. The van der Waals surface area contributed by atoms with E-state index in [-0.39, 0.29) is 5.82 Å². The quantitative estimate of drug-likeness (QED) is 0.583. The summed E-state index contributed by atoms with van der Waals surface area (Å²) in [6, 6.07) is 14.0. The normalized spacial score (nSPS) is 15.7. The van der Waals surface area contributed by atoms with Gasteiger partial charge in [0.15, 0.2) is 0 Å². The highest BCUT2D eigenvalue weighted by Crippen LogP contribution is 2.41. The lowest BCUT2D eigenvalue weighted by atomic mass is 9.78. The van der Waals surface area contributed by atoms with Crippen LogP contribution >= 0.6 is 0 Å². The van der Waals surface area contributed by atoms with Crippen molar-refractivity contribution < 1.29 is 4.39 Å². The van der Waals surface area contributed by atoms with Crippen molar-refractivity contribution in [2.45, 2.75) is 44.4 Å². The Morgan fingerprint density at radius 3 is 2.41 bits per heavy atom. The lowest BCUT2D eigenvalue weighted by Crippen LogP contribution is -2.10. The van der Waals surface area contributed by atoms with E-state index in [1.807, 2.05) is 18.2 Å². The molecule has 2 aromatic rings. The maximum Gasteiger partial charge on any atom is 0.127 e. The summed E-state index contributed by atoms with van der Waals surface area (Å²) in [5.41, 5.74) is 4.47. The third-order valence-electron chi connectivity index (χ3n) is 4.75. The van der Waals surface area contributed by atoms with Crippen LogP contribution in [0.4, 0.5) is 4.39 Å². The molecule has 1 aliphatic carbocycles. The van der Waals surface area contributed by atoms with Crippen LogP contribution in [-0.4, -0.2) is 0 Å². The molecule has 0 unspecified atom stereocenters. The second kappa shape index (κ2) is 6.91. The Labute approximate surface area is 132 Å². The van der Waals surface area contributed by atoms with Gasteiger partial charge < -0.3 is 0 Å². The average Bonchev–Trinajstić information content (AvgIpc) is 2.58. The molecule has 1 saturated carbocycles. The molecule has 1 fully saturated rings. The highest BCUT2D eigenvalue weighted by atomic mass is 19.1. The number of rotatable bonds is 4. The molecular formula is C21H23F. The van der Waals surface area contributed by atoms with E-state index in [0.29, 0.717) is 12.3 Å². The molecule has 22 heavy (non-hydrogen) atoms. The van der Waals surface area contributed by atoms with Gasteiger partial charge in [-0.2, -0.15) is 0 Å². The van der Waals surface area contributed by atoms with Crippen LogP contribution in [0.15, 0.2) is 55.1 Å². The smallest absolute Gasteiger partial charge is 0.127 e. The van der Waals surface area contributed by atoms with Gasteiger partial charge in [0.1, 0.15) is 5.82 Å². The summed E-state index contributed by atoms with van der Waals surface area (Å²) in [5.74, 6) is 0.398. The molecule has 0 atom stereocenters. The van der Waals surface area contributed by atoms with E-state index in [0.717, 1.165) is 5.56 Å². The number of benzene rings is 2. The van der Waals surface area contributed by atoms with Crippen LogP contribution in [0, 0.1) is 5.82 Å². The zero-order valence-corrected chi connectivity index (χ0v) is 13.0. The third kappa shape index (κ3) is 2.99. The molecule has 0 radical (unpaired) electrons. The van der Waals surface area contributed by atoms with Crippen LogP contribution < -0.4 is 0 Å². The molecule has 1 aliphatic rings. The minimum atomic E-state index is -0.0832. The second-order valence-corrected chi connectivity index (χ2v) is 6.18. The Balaban J connectivity index is 2.16. The minimum Gasteiger partial charge on any atom is -0.207 e. The molecule has 0 saturated heterocycles. The first-order chi connectivity index (χ1) is 10.8. The summed E-state index contributed by atoms with van der Waals surface area (Å²) in [6.45, 7) is 3.82. The maximum absolute atomic E-state index is 14.4. The predicted octanol–water partition coefficient (Wildman–Crippen LogP) is 6.27. The summed E-state index contributed by atoms with van der Waals surface area (Å²) >= 11 is 0. The van der Waals surface area contributed by atoms with Crippen LogP contribution in [0.5, 0.6) is 0 Å². The van der Waals surface area contributed by atoms with Gasteiger partial charge in [-0.05, 0) is 53.5 Å². The van der Waals surface area contributed by atoms with Gasteiger partial charge in [0.05, 0.1) is 0 Å². The Bertz CT molecular complexity index is 636. The van der Waals surface area contributed by atoms with Gasteiger partial charge in [-0.1, -0.05) is 61.7 Å². The summed E-state index contributed by atoms with van der Waals surface area (Å²) < 4.78 is 14.4. The monoisotopic (exact) mass is 294 g/mol. The van der Waals surface area contributed by atoms with E-state index in [4.69, 9.17) is 0 Å². The average molecular weight is 294 g/mol. The number of hydrogen-bond donors (Lipinski definition) is 0. The summed E-state index contributed by atoms with van der Waals surface area (Å²) in [7, 11) is 0. The second-order valence-electron chi connectivity index (χ2n) is 6.18. The first-order valence-electron chi connectivity index (χ1n) is 8.29. The molecule has 0 N–H and O–H groups in total. The van der Waals surface area contributed by atoms with E-state index >= 15 is 0 Å². The lowest BCUT2D eigenvalue weighted by Gasteiger charge is -2.27. The van der Waals surface area contributed by atoms with Crippen LogP contribution in [0.2, 0.25) is 0 Å². The Morgan fingerprint density at radius 1 is 1.00 bits per heavy atom. The fourth-order valence-corrected chi connectivity index (χ4v) is 3.72. The Hall–Kier alpha value is -1.89. The molecular weight excluding hydrogens is 271 g/mol. The fourth-order valence-electron chi connectivity index (χ4n) is 3.72. The SMILES string of the molecule is C=CCc1c(F)ccc(-c2ccccc2)c1C1CCCCC1. The summed E-state index contributed by atoms with van der Waals surface area (Å²) in [5, 5.41) is 0. The van der Waals surface area contributed by atoms with Gasteiger partial charge in [0.25, 0.3) is 0 Å². The van der Waals surface area contributed by atoms with Gasteiger partial charge in [0, 0.05) is 0 Å². The molecule has 0 aromatic heterocycles. The Morgan fingerprint density at radius 2 is 1.73 bits per heavy atom. The first kappa shape index (κ1) is 15.0. The lowest BCUT2D eigenvalue weighted by molar-refractivity contribution is 0.440. The molecule has 114 valence electrons. The first-order valence-corrected chi connectivity index (χ1v) is 8.29. The third-order valence-corrected chi connectivity index (χ3v) is 4.75. The van der Waals surface area contributed by atoms with Crippen molar-refractivity contribution in [3.05, 3.63) is 72.1 Å². The zero-order chi connectivity index (χ0) is 15.4. The molecule has 0 aliphatic heterocycles. The number of halogens is 1. The van der Waals surface area contributed by atoms with Crippen molar-refractivity contribution in [2.24, 2.45) is 0 Å². The van der Waals surface area contributed by atoms with E-state index in [1.54, 1.807) is 6.07 Å². The maximum atomic E-state index is 14.4. The topological polar surface area (TPSA) is 0 Å². The number of allylic oxidation sites excluding steroid dienone is 1. The van der Waals surface area contributed by atoms with Crippen LogP contribution in [-0.2, 0) is 6.42 Å². The molecule has 3 rings (SSSR count). The van der Waals surface area contributed by atoms with E-state index < -0.39 is 0 Å². The predicted molar refractivity (Wildman–Crippen MR) is 91.6 cm³/mol. The van der Waals surface area contributed by atoms with Gasteiger partial charge in [0.2, 0.25) is 0 Å².